The van der Waals surface area contributed by atoms with Crippen LogP contribution in [0.25, 0.3) is 0 Å². The highest BCUT2D eigenvalue weighted by Crippen LogP contribution is 2.41. The van der Waals surface area contributed by atoms with E-state index in [9.17, 15) is 36.3 Å². The second-order valence-electron chi connectivity index (χ2n) is 12.4. The molecule has 286 valence electrons. The summed E-state index contributed by atoms with van der Waals surface area (Å²) in [4.78, 5) is 30.9. The summed E-state index contributed by atoms with van der Waals surface area (Å²) in [5, 5.41) is 10.3. The third-order valence-corrected chi connectivity index (χ3v) is 10.1. The molecule has 15 heteroatoms. The van der Waals surface area contributed by atoms with E-state index in [0.29, 0.717) is 30.3 Å². The molecule has 0 amide bonds. The lowest BCUT2D eigenvalue weighted by atomic mass is 9.85. The number of esters is 1. The minimum atomic E-state index is -5.57. The molecule has 4 atom stereocenters. The van der Waals surface area contributed by atoms with E-state index in [0.717, 1.165) is 23.7 Å². The number of aliphatic hydroxyl groups excluding tert-OH is 1. The zero-order valence-electron chi connectivity index (χ0n) is 29.6. The summed E-state index contributed by atoms with van der Waals surface area (Å²) in [6.45, 7) is 8.73. The minimum absolute atomic E-state index is 0.314. The van der Waals surface area contributed by atoms with Gasteiger partial charge in [-0.15, -0.1) is 4.33 Å². The first-order chi connectivity index (χ1) is 24.7. The van der Waals surface area contributed by atoms with Crippen molar-refractivity contribution in [3.63, 3.8) is 0 Å². The SMILES string of the molecule is COOS(=O)(=O)C(F)(F)F.C\C=C/C=C\C=C\C(O)OC(=O)OC(C(=O)OC1CC(C)[N+]2(CCCC2)C(CC)C1)(c1ccccc1)c1ccccc1. The number of hydrogen-bond acceptors (Lipinski definition) is 10. The molecule has 52 heavy (non-hydrogen) atoms. The predicted molar refractivity (Wildman–Crippen MR) is 185 cm³/mol. The largest absolute Gasteiger partial charge is 0.525 e. The van der Waals surface area contributed by atoms with Gasteiger partial charge in [-0.2, -0.15) is 21.6 Å². The van der Waals surface area contributed by atoms with Crippen molar-refractivity contribution in [3.05, 3.63) is 108 Å². The van der Waals surface area contributed by atoms with Gasteiger partial charge in [0, 0.05) is 36.8 Å². The summed E-state index contributed by atoms with van der Waals surface area (Å²) in [6, 6.07) is 18.5. The molecule has 1 spiro atoms. The highest BCUT2D eigenvalue weighted by molar-refractivity contribution is 7.87. The van der Waals surface area contributed by atoms with Gasteiger partial charge >= 0.3 is 27.8 Å². The number of allylic oxidation sites excluding steroid dienone is 5. The van der Waals surface area contributed by atoms with E-state index in [1.165, 1.54) is 32.0 Å². The van der Waals surface area contributed by atoms with Gasteiger partial charge in [-0.3, -0.25) is 0 Å². The summed E-state index contributed by atoms with van der Waals surface area (Å²) >= 11 is 0. The number of carbonyl (C=O) groups excluding carboxylic acids is 2. The summed E-state index contributed by atoms with van der Waals surface area (Å²) in [7, 11) is -4.91. The van der Waals surface area contributed by atoms with Gasteiger partial charge in [-0.25, -0.2) is 14.5 Å². The van der Waals surface area contributed by atoms with E-state index in [1.807, 2.05) is 31.2 Å². The van der Waals surface area contributed by atoms with Gasteiger partial charge in [0.1, 0.15) is 6.10 Å². The van der Waals surface area contributed by atoms with Crippen molar-refractivity contribution < 1.29 is 64.2 Å². The van der Waals surface area contributed by atoms with E-state index < -0.39 is 39.6 Å². The molecular formula is C37H47F3NO10S+. The maximum atomic E-state index is 14.4. The van der Waals surface area contributed by atoms with Crippen LogP contribution in [0.2, 0.25) is 0 Å². The molecule has 2 aliphatic rings. The van der Waals surface area contributed by atoms with Crippen LogP contribution in [-0.2, 0) is 43.9 Å². The number of hydrogen-bond donors (Lipinski definition) is 1. The standard InChI is InChI=1S/C35H44NO6.C2H3F3O4S/c1-4-6-7-8-15-22-32(37)41-34(39)42-35(28-18-11-9-12-19-28,29-20-13-10-14-21-29)33(38)40-31-25-27(3)36(23-16-17-24-36)30(5-2)26-31;1-8-9-10(6,7)2(3,4)5/h4,6-15,18-22,27,30-32,37H,5,16-17,23-26H2,1-3H3;1H3/q+1;/b6-4-,8-7-,22-15+;. The lowest BCUT2D eigenvalue weighted by molar-refractivity contribution is -0.967. The number of ether oxygens (including phenoxy) is 3. The Kier molecular flexibility index (Phi) is 15.6. The molecular weight excluding hydrogens is 707 g/mol. The summed E-state index contributed by atoms with van der Waals surface area (Å²) in [5.74, 6) is -0.682. The van der Waals surface area contributed by atoms with Gasteiger partial charge in [-0.1, -0.05) is 98.0 Å². The number of nitrogens with zero attached hydrogens (tertiary/aromatic N) is 1. The van der Waals surface area contributed by atoms with Gasteiger partial charge in [0.15, 0.2) is 0 Å². The fourth-order valence-corrected chi connectivity index (χ4v) is 7.13. The van der Waals surface area contributed by atoms with Crippen molar-refractivity contribution in [2.24, 2.45) is 0 Å². The molecule has 0 aliphatic carbocycles. The molecule has 2 saturated heterocycles. The fraction of sp³-hybridized carbons (Fsp3) is 0.459. The molecule has 2 aromatic carbocycles. The van der Waals surface area contributed by atoms with E-state index >= 15 is 0 Å². The molecule has 0 saturated carbocycles. The monoisotopic (exact) mass is 754 g/mol. The fourth-order valence-electron chi connectivity index (χ4n) is 6.87. The average Bonchev–Trinajstić information content (AvgIpc) is 3.60. The highest BCUT2D eigenvalue weighted by Gasteiger charge is 2.53. The highest BCUT2D eigenvalue weighted by atomic mass is 32.2. The summed E-state index contributed by atoms with van der Waals surface area (Å²) in [6.07, 6.45) is 11.9. The Labute approximate surface area is 302 Å². The van der Waals surface area contributed by atoms with Crippen molar-refractivity contribution in [2.45, 2.75) is 88.5 Å². The minimum Gasteiger partial charge on any atom is -0.458 e. The Balaban J connectivity index is 0.000000636. The van der Waals surface area contributed by atoms with Gasteiger partial charge in [0.2, 0.25) is 6.29 Å². The normalized spacial score (nSPS) is 21.2. The van der Waals surface area contributed by atoms with Crippen LogP contribution in [0.15, 0.2) is 97.1 Å². The van der Waals surface area contributed by atoms with E-state index in [2.05, 4.69) is 23.1 Å². The topological polar surface area (TPSA) is 135 Å². The van der Waals surface area contributed by atoms with Gasteiger partial charge in [-0.05, 0) is 26.3 Å². The van der Waals surface area contributed by atoms with E-state index in [4.69, 9.17) is 14.2 Å². The number of quaternary nitrogens is 1. The Morgan fingerprint density at radius 1 is 0.942 bits per heavy atom. The van der Waals surface area contributed by atoms with Crippen LogP contribution in [0.3, 0.4) is 0 Å². The quantitative estimate of drug-likeness (QED) is 0.0460. The van der Waals surface area contributed by atoms with E-state index in [-0.39, 0.29) is 6.10 Å². The number of carbonyl (C=O) groups is 2. The number of rotatable bonds is 12. The smallest absolute Gasteiger partial charge is 0.458 e. The van der Waals surface area contributed by atoms with Gasteiger partial charge < -0.3 is 23.8 Å². The van der Waals surface area contributed by atoms with Gasteiger partial charge in [0.25, 0.3) is 5.60 Å². The number of alkyl halides is 3. The molecule has 4 unspecified atom stereocenters. The molecule has 0 aromatic heterocycles. The average molecular weight is 755 g/mol. The Hall–Kier alpha value is -4.02. The Morgan fingerprint density at radius 3 is 1.98 bits per heavy atom. The van der Waals surface area contributed by atoms with Crippen molar-refractivity contribution in [1.82, 2.24) is 0 Å². The molecule has 2 aromatic rings. The van der Waals surface area contributed by atoms with Crippen LogP contribution in [0.4, 0.5) is 18.0 Å². The van der Waals surface area contributed by atoms with Crippen LogP contribution in [0.1, 0.15) is 64.0 Å². The van der Waals surface area contributed by atoms with Crippen molar-refractivity contribution >= 4 is 22.2 Å². The zero-order valence-corrected chi connectivity index (χ0v) is 30.4. The lowest BCUT2D eigenvalue weighted by Crippen LogP contribution is -2.63. The maximum absolute atomic E-state index is 14.4. The van der Waals surface area contributed by atoms with Gasteiger partial charge in [0.05, 0.1) is 32.3 Å². The van der Waals surface area contributed by atoms with Crippen LogP contribution < -0.4 is 0 Å². The zero-order chi connectivity index (χ0) is 38.4. The molecule has 2 fully saturated rings. The Bertz CT molecular complexity index is 1590. The molecule has 2 aliphatic heterocycles. The van der Waals surface area contributed by atoms with Crippen LogP contribution in [-0.4, -0.2) is 80.3 Å². The summed E-state index contributed by atoms with van der Waals surface area (Å²) < 4.78 is 74.7. The number of benzene rings is 2. The van der Waals surface area contributed by atoms with Crippen LogP contribution in [0, 0.1) is 0 Å². The third-order valence-electron chi connectivity index (χ3n) is 9.23. The Morgan fingerprint density at radius 2 is 1.50 bits per heavy atom. The molecule has 1 N–H and O–H groups in total. The molecule has 4 rings (SSSR count). The molecule has 0 bridgehead atoms. The first kappa shape index (κ1) is 42.4. The van der Waals surface area contributed by atoms with Crippen LogP contribution >= 0.6 is 0 Å². The molecule has 11 nitrogen and oxygen atoms in total. The number of halogens is 3. The second kappa shape index (κ2) is 19.2. The van der Waals surface area contributed by atoms with Crippen molar-refractivity contribution in [3.8, 4) is 0 Å². The van der Waals surface area contributed by atoms with Crippen molar-refractivity contribution in [2.75, 3.05) is 20.2 Å². The summed E-state index contributed by atoms with van der Waals surface area (Å²) in [5.41, 5.74) is -6.51. The first-order valence-electron chi connectivity index (χ1n) is 16.9. The van der Waals surface area contributed by atoms with E-state index in [1.54, 1.807) is 66.8 Å². The lowest BCUT2D eigenvalue weighted by Gasteiger charge is -2.51. The van der Waals surface area contributed by atoms with Crippen LogP contribution in [0.5, 0.6) is 0 Å². The maximum Gasteiger partial charge on any atom is 0.525 e. The third kappa shape index (κ3) is 10.5. The number of aliphatic hydroxyl groups is 1. The predicted octanol–water partition coefficient (Wildman–Crippen LogP) is 6.99. The first-order valence-corrected chi connectivity index (χ1v) is 18.3. The molecule has 0 radical (unpaired) electrons. The number of piperidine rings is 1. The second-order valence-corrected chi connectivity index (χ2v) is 13.9. The molecule has 2 heterocycles. The van der Waals surface area contributed by atoms with Crippen molar-refractivity contribution in [1.29, 1.82) is 0 Å².